The zero-order chi connectivity index (χ0) is 18.1. The van der Waals surface area contributed by atoms with E-state index in [4.69, 9.17) is 4.74 Å². The summed E-state index contributed by atoms with van der Waals surface area (Å²) in [6.07, 6.45) is 4.06. The third-order valence-electron chi connectivity index (χ3n) is 3.75. The predicted molar refractivity (Wildman–Crippen MR) is 95.0 cm³/mol. The van der Waals surface area contributed by atoms with Crippen molar-refractivity contribution in [2.24, 2.45) is 0 Å². The minimum atomic E-state index is -0.179. The van der Waals surface area contributed by atoms with E-state index in [1.54, 1.807) is 19.5 Å². The van der Waals surface area contributed by atoms with Crippen molar-refractivity contribution in [2.75, 3.05) is 20.2 Å². The largest absolute Gasteiger partial charge is 0.497 e. The molecule has 1 aromatic carbocycles. The van der Waals surface area contributed by atoms with Crippen molar-refractivity contribution in [1.29, 1.82) is 0 Å². The first kappa shape index (κ1) is 18.4. The van der Waals surface area contributed by atoms with E-state index in [0.29, 0.717) is 19.5 Å². The number of hydrogen-bond acceptors (Lipinski definition) is 4. The van der Waals surface area contributed by atoms with Gasteiger partial charge in [0.25, 0.3) is 0 Å². The number of nitrogens with zero attached hydrogens (tertiary/aromatic N) is 2. The molecule has 1 N–H and O–H groups in total. The maximum atomic E-state index is 12.1. The molecule has 0 fully saturated rings. The molecule has 0 unspecified atom stereocenters. The first-order valence-corrected chi connectivity index (χ1v) is 8.12. The molecular formula is C19H23N3O3. The summed E-state index contributed by atoms with van der Waals surface area (Å²) in [6, 6.07) is 11.4. The molecule has 2 amide bonds. The summed E-state index contributed by atoms with van der Waals surface area (Å²) in [6.45, 7) is 2.36. The van der Waals surface area contributed by atoms with Gasteiger partial charge in [0.2, 0.25) is 11.8 Å². The summed E-state index contributed by atoms with van der Waals surface area (Å²) < 4.78 is 5.18. The minimum absolute atomic E-state index is 0.0301. The van der Waals surface area contributed by atoms with E-state index in [0.717, 1.165) is 16.9 Å². The highest BCUT2D eigenvalue weighted by molar-refractivity contribution is 5.83. The quantitative estimate of drug-likeness (QED) is 0.795. The molecule has 2 aromatic rings. The summed E-state index contributed by atoms with van der Waals surface area (Å²) in [7, 11) is 1.62. The van der Waals surface area contributed by atoms with E-state index in [-0.39, 0.29) is 18.4 Å². The number of aromatic nitrogens is 1. The molecule has 0 saturated heterocycles. The molecule has 1 heterocycles. The van der Waals surface area contributed by atoms with Crippen molar-refractivity contribution in [3.05, 3.63) is 59.9 Å². The molecule has 0 bridgehead atoms. The van der Waals surface area contributed by atoms with E-state index >= 15 is 0 Å². The van der Waals surface area contributed by atoms with Crippen LogP contribution in [0.3, 0.4) is 0 Å². The first-order chi connectivity index (χ1) is 12.1. The third kappa shape index (κ3) is 6.25. The van der Waals surface area contributed by atoms with E-state index in [2.05, 4.69) is 10.3 Å². The lowest BCUT2D eigenvalue weighted by atomic mass is 10.1. The third-order valence-corrected chi connectivity index (χ3v) is 3.75. The molecule has 0 atom stereocenters. The lowest BCUT2D eigenvalue weighted by Crippen LogP contribution is -2.39. The number of nitrogens with one attached hydrogen (secondary N) is 1. The highest BCUT2D eigenvalue weighted by Crippen LogP contribution is 2.12. The number of amides is 2. The summed E-state index contributed by atoms with van der Waals surface area (Å²) >= 11 is 0. The average molecular weight is 341 g/mol. The minimum Gasteiger partial charge on any atom is -0.497 e. The molecule has 6 heteroatoms. The van der Waals surface area contributed by atoms with E-state index in [1.807, 2.05) is 36.4 Å². The molecule has 2 rings (SSSR count). The maximum Gasteiger partial charge on any atom is 0.239 e. The Morgan fingerprint density at radius 3 is 2.68 bits per heavy atom. The SMILES string of the molecule is COc1cccc(CCNC(=O)CN(Cc2cccnc2)C(C)=O)c1. The van der Waals surface area contributed by atoms with Crippen LogP contribution in [-0.4, -0.2) is 41.9 Å². The van der Waals surface area contributed by atoms with Gasteiger partial charge in [0.15, 0.2) is 0 Å². The Kier molecular flexibility index (Phi) is 6.95. The van der Waals surface area contributed by atoms with Gasteiger partial charge in [-0.05, 0) is 35.7 Å². The molecule has 0 radical (unpaired) electrons. The molecule has 1 aromatic heterocycles. The van der Waals surface area contributed by atoms with Crippen LogP contribution in [0.15, 0.2) is 48.8 Å². The molecule has 0 aliphatic rings. The molecule has 132 valence electrons. The molecule has 6 nitrogen and oxygen atoms in total. The second kappa shape index (κ2) is 9.42. The number of rotatable bonds is 8. The van der Waals surface area contributed by atoms with Gasteiger partial charge >= 0.3 is 0 Å². The second-order valence-corrected chi connectivity index (χ2v) is 5.69. The Morgan fingerprint density at radius 1 is 1.20 bits per heavy atom. The Morgan fingerprint density at radius 2 is 2.00 bits per heavy atom. The second-order valence-electron chi connectivity index (χ2n) is 5.69. The number of methoxy groups -OCH3 is 1. The Labute approximate surface area is 147 Å². The van der Waals surface area contributed by atoms with Gasteiger partial charge < -0.3 is 15.0 Å². The topological polar surface area (TPSA) is 71.5 Å². The van der Waals surface area contributed by atoms with Crippen LogP contribution in [0.4, 0.5) is 0 Å². The van der Waals surface area contributed by atoms with Crippen LogP contribution < -0.4 is 10.1 Å². The number of pyridine rings is 1. The highest BCUT2D eigenvalue weighted by atomic mass is 16.5. The van der Waals surface area contributed by atoms with Crippen LogP contribution in [0, 0.1) is 0 Å². The lowest BCUT2D eigenvalue weighted by molar-refractivity contribution is -0.134. The van der Waals surface area contributed by atoms with Crippen molar-refractivity contribution in [3.63, 3.8) is 0 Å². The monoisotopic (exact) mass is 341 g/mol. The fourth-order valence-corrected chi connectivity index (χ4v) is 2.39. The summed E-state index contributed by atoms with van der Waals surface area (Å²) in [5.41, 5.74) is 1.97. The molecular weight excluding hydrogens is 318 g/mol. The number of carbonyl (C=O) groups excluding carboxylic acids is 2. The van der Waals surface area contributed by atoms with Gasteiger partial charge in [-0.3, -0.25) is 14.6 Å². The smallest absolute Gasteiger partial charge is 0.239 e. The summed E-state index contributed by atoms with van der Waals surface area (Å²) in [5, 5.41) is 2.85. The van der Waals surface area contributed by atoms with Gasteiger partial charge in [-0.25, -0.2) is 0 Å². The predicted octanol–water partition coefficient (Wildman–Crippen LogP) is 1.80. The molecule has 25 heavy (non-hydrogen) atoms. The number of carbonyl (C=O) groups is 2. The Balaban J connectivity index is 1.81. The van der Waals surface area contributed by atoms with Crippen molar-refractivity contribution >= 4 is 11.8 Å². The molecule has 0 spiro atoms. The van der Waals surface area contributed by atoms with Crippen molar-refractivity contribution in [3.8, 4) is 5.75 Å². The van der Waals surface area contributed by atoms with Crippen LogP contribution in [0.1, 0.15) is 18.1 Å². The zero-order valence-corrected chi connectivity index (χ0v) is 14.6. The lowest BCUT2D eigenvalue weighted by Gasteiger charge is -2.20. The fraction of sp³-hybridized carbons (Fsp3) is 0.316. The normalized spacial score (nSPS) is 10.2. The van der Waals surface area contributed by atoms with Gasteiger partial charge in [-0.1, -0.05) is 18.2 Å². The Bertz CT molecular complexity index is 704. The van der Waals surface area contributed by atoms with E-state index < -0.39 is 0 Å². The fourth-order valence-electron chi connectivity index (χ4n) is 2.39. The van der Waals surface area contributed by atoms with Crippen molar-refractivity contribution < 1.29 is 14.3 Å². The van der Waals surface area contributed by atoms with Gasteiger partial charge in [-0.15, -0.1) is 0 Å². The molecule has 0 aliphatic carbocycles. The Hall–Kier alpha value is -2.89. The first-order valence-electron chi connectivity index (χ1n) is 8.12. The van der Waals surface area contributed by atoms with Gasteiger partial charge in [0.05, 0.1) is 13.7 Å². The standard InChI is InChI=1S/C19H23N3O3/c1-15(23)22(13-17-6-4-9-20-12-17)14-19(24)21-10-8-16-5-3-7-18(11-16)25-2/h3-7,9,11-12H,8,10,13-14H2,1-2H3,(H,21,24). The van der Waals surface area contributed by atoms with Gasteiger partial charge in [-0.2, -0.15) is 0 Å². The van der Waals surface area contributed by atoms with Crippen molar-refractivity contribution in [2.45, 2.75) is 19.9 Å². The molecule has 0 aliphatic heterocycles. The van der Waals surface area contributed by atoms with Crippen molar-refractivity contribution in [1.82, 2.24) is 15.2 Å². The average Bonchev–Trinajstić information content (AvgIpc) is 2.62. The van der Waals surface area contributed by atoms with Crippen LogP contribution >= 0.6 is 0 Å². The number of ether oxygens (including phenoxy) is 1. The van der Waals surface area contributed by atoms with Gasteiger partial charge in [0.1, 0.15) is 5.75 Å². The number of hydrogen-bond donors (Lipinski definition) is 1. The molecule has 0 saturated carbocycles. The van der Waals surface area contributed by atoms with E-state index in [9.17, 15) is 9.59 Å². The van der Waals surface area contributed by atoms with Crippen LogP contribution in [0.25, 0.3) is 0 Å². The highest BCUT2D eigenvalue weighted by Gasteiger charge is 2.14. The van der Waals surface area contributed by atoms with Crippen LogP contribution in [0.5, 0.6) is 5.75 Å². The van der Waals surface area contributed by atoms with Crippen LogP contribution in [-0.2, 0) is 22.6 Å². The summed E-state index contributed by atoms with van der Waals surface area (Å²) in [4.78, 5) is 29.4. The maximum absolute atomic E-state index is 12.1. The number of benzene rings is 1. The van der Waals surface area contributed by atoms with E-state index in [1.165, 1.54) is 11.8 Å². The van der Waals surface area contributed by atoms with Crippen LogP contribution in [0.2, 0.25) is 0 Å². The zero-order valence-electron chi connectivity index (χ0n) is 14.6. The van der Waals surface area contributed by atoms with Gasteiger partial charge in [0, 0.05) is 32.4 Å². The summed E-state index contributed by atoms with van der Waals surface area (Å²) in [5.74, 6) is 0.469.